The molecule has 3 nitrogen and oxygen atoms in total. The van der Waals surface area contributed by atoms with Gasteiger partial charge in [-0.05, 0) is 5.56 Å². The van der Waals surface area contributed by atoms with Gasteiger partial charge < -0.3 is 14.8 Å². The molecule has 0 saturated heterocycles. The Morgan fingerprint density at radius 1 is 1.00 bits per heavy atom. The van der Waals surface area contributed by atoms with E-state index in [4.69, 9.17) is 21.1 Å². The van der Waals surface area contributed by atoms with Crippen LogP contribution in [0.4, 0.5) is 5.69 Å². The highest BCUT2D eigenvalue weighted by Crippen LogP contribution is 2.38. The Morgan fingerprint density at radius 2 is 1.68 bits per heavy atom. The standard InChI is InChI=1S/C15H14ClNO2/c16-12-8-14-15(19-7-6-18-14)9-13(12)17-10-11-4-2-1-3-5-11/h1-5,8-9,17H,6-7,10H2. The number of ether oxygens (including phenoxy) is 2. The number of fused-ring (bicyclic) bond motifs is 1. The lowest BCUT2D eigenvalue weighted by molar-refractivity contribution is 0.171. The van der Waals surface area contributed by atoms with Gasteiger partial charge in [-0.15, -0.1) is 0 Å². The molecule has 1 aliphatic heterocycles. The van der Waals surface area contributed by atoms with Gasteiger partial charge in [0.15, 0.2) is 11.5 Å². The lowest BCUT2D eigenvalue weighted by Crippen LogP contribution is -2.15. The van der Waals surface area contributed by atoms with E-state index in [1.807, 2.05) is 24.3 Å². The second kappa shape index (κ2) is 5.41. The van der Waals surface area contributed by atoms with Gasteiger partial charge in [0.25, 0.3) is 0 Å². The Labute approximate surface area is 117 Å². The number of hydrogen-bond acceptors (Lipinski definition) is 3. The molecule has 1 heterocycles. The first kappa shape index (κ1) is 12.2. The van der Waals surface area contributed by atoms with Crippen LogP contribution in [0.15, 0.2) is 42.5 Å². The van der Waals surface area contributed by atoms with E-state index in [1.165, 1.54) is 5.56 Å². The smallest absolute Gasteiger partial charge is 0.163 e. The van der Waals surface area contributed by atoms with Crippen LogP contribution >= 0.6 is 11.6 Å². The predicted octanol–water partition coefficient (Wildman–Crippen LogP) is 3.72. The van der Waals surface area contributed by atoms with Gasteiger partial charge in [-0.3, -0.25) is 0 Å². The first-order chi connectivity index (χ1) is 9.33. The third kappa shape index (κ3) is 2.76. The summed E-state index contributed by atoms with van der Waals surface area (Å²) in [5.41, 5.74) is 2.06. The lowest BCUT2D eigenvalue weighted by Gasteiger charge is -2.20. The van der Waals surface area contributed by atoms with Crippen LogP contribution < -0.4 is 14.8 Å². The minimum atomic E-state index is 0.570. The zero-order valence-corrected chi connectivity index (χ0v) is 11.1. The largest absolute Gasteiger partial charge is 0.486 e. The van der Waals surface area contributed by atoms with Crippen molar-refractivity contribution in [2.45, 2.75) is 6.54 Å². The molecule has 19 heavy (non-hydrogen) atoms. The van der Waals surface area contributed by atoms with E-state index in [0.29, 0.717) is 24.0 Å². The average Bonchev–Trinajstić information content (AvgIpc) is 2.46. The van der Waals surface area contributed by atoms with Crippen LogP contribution in [0, 0.1) is 0 Å². The normalized spacial score (nSPS) is 13.1. The molecule has 2 aromatic carbocycles. The summed E-state index contributed by atoms with van der Waals surface area (Å²) in [7, 11) is 0. The summed E-state index contributed by atoms with van der Waals surface area (Å²) in [6.07, 6.45) is 0. The highest BCUT2D eigenvalue weighted by Gasteiger charge is 2.14. The van der Waals surface area contributed by atoms with Crippen molar-refractivity contribution < 1.29 is 9.47 Å². The second-order valence-corrected chi connectivity index (χ2v) is 4.72. The molecule has 0 amide bonds. The van der Waals surface area contributed by atoms with E-state index in [2.05, 4.69) is 17.4 Å². The van der Waals surface area contributed by atoms with Crippen LogP contribution in [-0.4, -0.2) is 13.2 Å². The van der Waals surface area contributed by atoms with Crippen LogP contribution in [0.5, 0.6) is 11.5 Å². The fourth-order valence-electron chi connectivity index (χ4n) is 1.99. The maximum absolute atomic E-state index is 6.23. The van der Waals surface area contributed by atoms with Crippen LogP contribution in [0.2, 0.25) is 5.02 Å². The number of hydrogen-bond donors (Lipinski definition) is 1. The second-order valence-electron chi connectivity index (χ2n) is 4.31. The van der Waals surface area contributed by atoms with E-state index < -0.39 is 0 Å². The van der Waals surface area contributed by atoms with Gasteiger partial charge in [0.05, 0.1) is 10.7 Å². The maximum Gasteiger partial charge on any atom is 0.163 e. The Morgan fingerprint density at radius 3 is 2.42 bits per heavy atom. The van der Waals surface area contributed by atoms with Crippen LogP contribution in [-0.2, 0) is 6.54 Å². The molecule has 0 aromatic heterocycles. The predicted molar refractivity (Wildman–Crippen MR) is 76.2 cm³/mol. The molecule has 2 aromatic rings. The Hall–Kier alpha value is -1.87. The molecule has 1 N–H and O–H groups in total. The first-order valence-corrected chi connectivity index (χ1v) is 6.58. The molecular weight excluding hydrogens is 262 g/mol. The summed E-state index contributed by atoms with van der Waals surface area (Å²) >= 11 is 6.23. The number of anilines is 1. The molecular formula is C15H14ClNO2. The molecule has 3 rings (SSSR count). The zero-order chi connectivity index (χ0) is 13.1. The molecule has 0 aliphatic carbocycles. The molecule has 0 fully saturated rings. The summed E-state index contributed by atoms with van der Waals surface area (Å²) in [6.45, 7) is 1.87. The SMILES string of the molecule is Clc1cc2c(cc1NCc1ccccc1)OCCO2. The van der Waals surface area contributed by atoms with Crippen LogP contribution in [0.1, 0.15) is 5.56 Å². The van der Waals surface area contributed by atoms with Crippen molar-refractivity contribution in [2.75, 3.05) is 18.5 Å². The van der Waals surface area contributed by atoms with E-state index in [0.717, 1.165) is 18.0 Å². The molecule has 4 heteroatoms. The lowest BCUT2D eigenvalue weighted by atomic mass is 10.2. The van der Waals surface area contributed by atoms with Gasteiger partial charge in [-0.2, -0.15) is 0 Å². The van der Waals surface area contributed by atoms with Crippen LogP contribution in [0.3, 0.4) is 0 Å². The third-order valence-electron chi connectivity index (χ3n) is 2.96. The molecule has 0 bridgehead atoms. The van der Waals surface area contributed by atoms with Gasteiger partial charge in [0, 0.05) is 18.7 Å². The number of rotatable bonds is 3. The third-order valence-corrected chi connectivity index (χ3v) is 3.27. The number of benzene rings is 2. The maximum atomic E-state index is 6.23. The Balaban J connectivity index is 1.77. The van der Waals surface area contributed by atoms with Gasteiger partial charge in [-0.1, -0.05) is 41.9 Å². The van der Waals surface area contributed by atoms with Gasteiger partial charge >= 0.3 is 0 Å². The van der Waals surface area contributed by atoms with Crippen molar-refractivity contribution in [3.63, 3.8) is 0 Å². The van der Waals surface area contributed by atoms with Crippen molar-refractivity contribution in [2.24, 2.45) is 0 Å². The topological polar surface area (TPSA) is 30.5 Å². The fraction of sp³-hybridized carbons (Fsp3) is 0.200. The number of halogens is 1. The van der Waals surface area contributed by atoms with Gasteiger partial charge in [0.2, 0.25) is 0 Å². The molecule has 0 saturated carbocycles. The molecule has 98 valence electrons. The average molecular weight is 276 g/mol. The molecule has 0 radical (unpaired) electrons. The summed E-state index contributed by atoms with van der Waals surface area (Å²) in [5.74, 6) is 1.45. The Bertz CT molecular complexity index is 572. The molecule has 1 aliphatic rings. The highest BCUT2D eigenvalue weighted by atomic mass is 35.5. The van der Waals surface area contributed by atoms with Crippen LogP contribution in [0.25, 0.3) is 0 Å². The molecule has 0 atom stereocenters. The highest BCUT2D eigenvalue weighted by molar-refractivity contribution is 6.33. The minimum Gasteiger partial charge on any atom is -0.486 e. The fourth-order valence-corrected chi connectivity index (χ4v) is 2.21. The first-order valence-electron chi connectivity index (χ1n) is 6.20. The monoisotopic (exact) mass is 275 g/mol. The summed E-state index contributed by atoms with van der Waals surface area (Å²) < 4.78 is 11.0. The van der Waals surface area contributed by atoms with Gasteiger partial charge in [0.1, 0.15) is 13.2 Å². The Kier molecular flexibility index (Phi) is 3.47. The van der Waals surface area contributed by atoms with Crippen molar-refractivity contribution in [3.8, 4) is 11.5 Å². The zero-order valence-electron chi connectivity index (χ0n) is 10.4. The summed E-state index contributed by atoms with van der Waals surface area (Å²) in [4.78, 5) is 0. The van der Waals surface area contributed by atoms with Crippen molar-refractivity contribution in [1.82, 2.24) is 0 Å². The van der Waals surface area contributed by atoms with Crippen molar-refractivity contribution >= 4 is 17.3 Å². The minimum absolute atomic E-state index is 0.570. The van der Waals surface area contributed by atoms with E-state index >= 15 is 0 Å². The van der Waals surface area contributed by atoms with Gasteiger partial charge in [-0.25, -0.2) is 0 Å². The summed E-state index contributed by atoms with van der Waals surface area (Å²) in [6, 6.07) is 13.9. The van der Waals surface area contributed by atoms with Crippen molar-refractivity contribution in [3.05, 3.63) is 53.1 Å². The van der Waals surface area contributed by atoms with E-state index in [9.17, 15) is 0 Å². The van der Waals surface area contributed by atoms with E-state index in [1.54, 1.807) is 6.07 Å². The molecule has 0 unspecified atom stereocenters. The van der Waals surface area contributed by atoms with E-state index in [-0.39, 0.29) is 0 Å². The quantitative estimate of drug-likeness (QED) is 0.926. The van der Waals surface area contributed by atoms with Crippen molar-refractivity contribution in [1.29, 1.82) is 0 Å². The molecule has 0 spiro atoms. The summed E-state index contributed by atoms with van der Waals surface area (Å²) in [5, 5.41) is 3.95. The number of nitrogens with one attached hydrogen (secondary N) is 1.